The highest BCUT2D eigenvalue weighted by Gasteiger charge is 2.18. The number of carbonyl (C=O) groups excluding carboxylic acids is 1. The quantitative estimate of drug-likeness (QED) is 0.728. The number of ether oxygens (including phenoxy) is 2. The zero-order chi connectivity index (χ0) is 19.7. The van der Waals surface area contributed by atoms with Crippen LogP contribution >= 0.6 is 11.6 Å². The number of nitrogens with zero attached hydrogens (tertiary/aromatic N) is 2. The molecule has 7 nitrogen and oxygen atoms in total. The van der Waals surface area contributed by atoms with Gasteiger partial charge in [-0.15, -0.1) is 0 Å². The average Bonchev–Trinajstić information content (AvgIpc) is 2.82. The number of aromatic nitrogens is 2. The minimum atomic E-state index is -0.350. The Hall–Kier alpha value is -2.93. The smallest absolute Gasteiger partial charge is 0.329 e. The van der Waals surface area contributed by atoms with Gasteiger partial charge in [-0.1, -0.05) is 23.7 Å². The Kier molecular flexibility index (Phi) is 5.00. The molecule has 0 spiro atoms. The molecular formula is C20H20ClN3O4. The minimum absolute atomic E-state index is 0.114. The highest BCUT2D eigenvalue weighted by atomic mass is 35.5. The number of halogens is 1. The van der Waals surface area contributed by atoms with E-state index in [1.807, 2.05) is 31.2 Å². The molecule has 1 aliphatic rings. The van der Waals surface area contributed by atoms with Gasteiger partial charge in [-0.05, 0) is 19.1 Å². The molecule has 0 aliphatic carbocycles. The number of amides is 1. The molecule has 2 heterocycles. The molecule has 0 bridgehead atoms. The molecule has 0 radical (unpaired) electrons. The van der Waals surface area contributed by atoms with E-state index in [0.717, 1.165) is 11.9 Å². The van der Waals surface area contributed by atoms with Crippen molar-refractivity contribution in [3.05, 3.63) is 51.9 Å². The maximum absolute atomic E-state index is 12.7. The van der Waals surface area contributed by atoms with E-state index < -0.39 is 0 Å². The fourth-order valence-electron chi connectivity index (χ4n) is 3.34. The molecule has 0 fully saturated rings. The summed E-state index contributed by atoms with van der Waals surface area (Å²) in [5.74, 6) is 0.747. The summed E-state index contributed by atoms with van der Waals surface area (Å²) >= 11 is 6.29. The zero-order valence-corrected chi connectivity index (χ0v) is 16.2. The highest BCUT2D eigenvalue weighted by Crippen LogP contribution is 2.37. The van der Waals surface area contributed by atoms with E-state index in [1.165, 1.54) is 4.57 Å². The van der Waals surface area contributed by atoms with Crippen LogP contribution in [0.2, 0.25) is 5.02 Å². The van der Waals surface area contributed by atoms with E-state index in [-0.39, 0.29) is 18.1 Å². The summed E-state index contributed by atoms with van der Waals surface area (Å²) in [4.78, 5) is 25.3. The maximum atomic E-state index is 12.7. The SMILES string of the molecule is CCn1c(=O)n(CC(=O)Nc2cc3c(cc2Cl)OCCCO3)c2ccccc21. The first-order valence-electron chi connectivity index (χ1n) is 9.15. The van der Waals surface area contributed by atoms with Crippen LogP contribution in [0, 0.1) is 0 Å². The summed E-state index contributed by atoms with van der Waals surface area (Å²) in [5, 5.41) is 3.12. The zero-order valence-electron chi connectivity index (χ0n) is 15.4. The Morgan fingerprint density at radius 2 is 1.75 bits per heavy atom. The lowest BCUT2D eigenvalue weighted by Gasteiger charge is -2.12. The van der Waals surface area contributed by atoms with Crippen molar-refractivity contribution in [2.75, 3.05) is 18.5 Å². The molecule has 146 valence electrons. The van der Waals surface area contributed by atoms with E-state index in [2.05, 4.69) is 5.32 Å². The molecule has 2 aromatic carbocycles. The molecule has 1 N–H and O–H groups in total. The standard InChI is InChI=1S/C20H20ClN3O4/c1-2-23-15-6-3-4-7-16(15)24(20(23)26)12-19(25)22-14-11-18-17(10-13(14)21)27-8-5-9-28-18/h3-4,6-7,10-11H,2,5,8-9,12H2,1H3,(H,22,25). The molecule has 0 unspecified atom stereocenters. The second-order valence-electron chi connectivity index (χ2n) is 6.48. The molecule has 1 aliphatic heterocycles. The number of nitrogens with one attached hydrogen (secondary N) is 1. The van der Waals surface area contributed by atoms with Crippen LogP contribution in [0.3, 0.4) is 0 Å². The van der Waals surface area contributed by atoms with Gasteiger partial charge in [0.2, 0.25) is 5.91 Å². The van der Waals surface area contributed by atoms with Gasteiger partial charge in [0.15, 0.2) is 11.5 Å². The Labute approximate surface area is 166 Å². The van der Waals surface area contributed by atoms with Crippen LogP contribution < -0.4 is 20.5 Å². The Morgan fingerprint density at radius 3 is 2.43 bits per heavy atom. The van der Waals surface area contributed by atoms with Crippen LogP contribution in [-0.4, -0.2) is 28.3 Å². The van der Waals surface area contributed by atoms with E-state index in [1.54, 1.807) is 16.7 Å². The van der Waals surface area contributed by atoms with Gasteiger partial charge in [-0.2, -0.15) is 0 Å². The molecule has 0 atom stereocenters. The highest BCUT2D eigenvalue weighted by molar-refractivity contribution is 6.34. The topological polar surface area (TPSA) is 74.5 Å². The van der Waals surface area contributed by atoms with Crippen molar-refractivity contribution in [3.8, 4) is 11.5 Å². The van der Waals surface area contributed by atoms with Crippen LogP contribution in [0.15, 0.2) is 41.2 Å². The lowest BCUT2D eigenvalue weighted by molar-refractivity contribution is -0.116. The third kappa shape index (κ3) is 3.33. The van der Waals surface area contributed by atoms with Crippen LogP contribution in [0.1, 0.15) is 13.3 Å². The molecule has 1 aromatic heterocycles. The average molecular weight is 402 g/mol. The molecule has 3 aromatic rings. The Morgan fingerprint density at radius 1 is 1.11 bits per heavy atom. The predicted molar refractivity (Wildman–Crippen MR) is 108 cm³/mol. The number of benzene rings is 2. The van der Waals surface area contributed by atoms with Gasteiger partial charge in [0.05, 0.1) is 35.0 Å². The molecule has 8 heteroatoms. The van der Waals surface area contributed by atoms with Crippen molar-refractivity contribution in [1.82, 2.24) is 9.13 Å². The second kappa shape index (κ2) is 7.59. The molecule has 4 rings (SSSR count). The number of imidazole rings is 1. The Bertz CT molecular complexity index is 1100. The number of rotatable bonds is 4. The summed E-state index contributed by atoms with van der Waals surface area (Å²) in [6.45, 7) is 3.40. The van der Waals surface area contributed by atoms with E-state index in [9.17, 15) is 9.59 Å². The number of aryl methyl sites for hydroxylation is 1. The molecule has 28 heavy (non-hydrogen) atoms. The molecule has 0 saturated carbocycles. The number of anilines is 1. The second-order valence-corrected chi connectivity index (χ2v) is 6.89. The van der Waals surface area contributed by atoms with Gasteiger partial charge in [0, 0.05) is 25.1 Å². The van der Waals surface area contributed by atoms with Crippen molar-refractivity contribution < 1.29 is 14.3 Å². The molecular weight excluding hydrogens is 382 g/mol. The van der Waals surface area contributed by atoms with Crippen LogP contribution in [-0.2, 0) is 17.9 Å². The maximum Gasteiger partial charge on any atom is 0.329 e. The molecule has 1 amide bonds. The fraction of sp³-hybridized carbons (Fsp3) is 0.300. The Balaban J connectivity index is 1.61. The number of para-hydroxylation sites is 2. The van der Waals surface area contributed by atoms with Crippen molar-refractivity contribution in [3.63, 3.8) is 0 Å². The number of fused-ring (bicyclic) bond motifs is 2. The van der Waals surface area contributed by atoms with E-state index >= 15 is 0 Å². The lowest BCUT2D eigenvalue weighted by atomic mass is 10.2. The van der Waals surface area contributed by atoms with E-state index in [0.29, 0.717) is 47.5 Å². The van der Waals surface area contributed by atoms with E-state index in [4.69, 9.17) is 21.1 Å². The number of hydrogen-bond acceptors (Lipinski definition) is 4. The van der Waals surface area contributed by atoms with Crippen LogP contribution in [0.5, 0.6) is 11.5 Å². The van der Waals surface area contributed by atoms with Gasteiger partial charge >= 0.3 is 5.69 Å². The summed E-state index contributed by atoms with van der Waals surface area (Å²) in [6, 6.07) is 10.7. The monoisotopic (exact) mass is 401 g/mol. The largest absolute Gasteiger partial charge is 0.490 e. The predicted octanol–water partition coefficient (Wildman–Crippen LogP) is 3.28. The van der Waals surface area contributed by atoms with Gasteiger partial charge < -0.3 is 14.8 Å². The number of carbonyl (C=O) groups is 1. The van der Waals surface area contributed by atoms with Gasteiger partial charge in [-0.3, -0.25) is 13.9 Å². The number of hydrogen-bond donors (Lipinski definition) is 1. The van der Waals surface area contributed by atoms with Gasteiger partial charge in [0.25, 0.3) is 0 Å². The van der Waals surface area contributed by atoms with Crippen LogP contribution in [0.25, 0.3) is 11.0 Å². The van der Waals surface area contributed by atoms with Gasteiger partial charge in [-0.25, -0.2) is 4.79 Å². The van der Waals surface area contributed by atoms with Crippen molar-refractivity contribution >= 4 is 34.2 Å². The lowest BCUT2D eigenvalue weighted by Crippen LogP contribution is -2.29. The van der Waals surface area contributed by atoms with Crippen LogP contribution in [0.4, 0.5) is 5.69 Å². The first kappa shape index (κ1) is 18.4. The van der Waals surface area contributed by atoms with Crippen molar-refractivity contribution in [2.24, 2.45) is 0 Å². The third-order valence-corrected chi connectivity index (χ3v) is 4.97. The summed E-state index contributed by atoms with van der Waals surface area (Å²) in [7, 11) is 0. The minimum Gasteiger partial charge on any atom is -0.490 e. The van der Waals surface area contributed by atoms with Gasteiger partial charge in [0.1, 0.15) is 6.54 Å². The summed E-state index contributed by atoms with van der Waals surface area (Å²) < 4.78 is 14.3. The first-order chi connectivity index (χ1) is 13.6. The van der Waals surface area contributed by atoms with Crippen molar-refractivity contribution in [2.45, 2.75) is 26.4 Å². The normalized spacial score (nSPS) is 13.4. The molecule has 0 saturated heterocycles. The first-order valence-corrected chi connectivity index (χ1v) is 9.53. The summed E-state index contributed by atoms with van der Waals surface area (Å²) in [6.07, 6.45) is 0.776. The fourth-order valence-corrected chi connectivity index (χ4v) is 3.54. The van der Waals surface area contributed by atoms with Crippen molar-refractivity contribution in [1.29, 1.82) is 0 Å². The summed E-state index contributed by atoms with van der Waals surface area (Å²) in [5.41, 5.74) is 1.72. The third-order valence-electron chi connectivity index (χ3n) is 4.65.